The molecule has 0 spiro atoms. The summed E-state index contributed by atoms with van der Waals surface area (Å²) in [5.41, 5.74) is -0.617. The van der Waals surface area contributed by atoms with E-state index >= 15 is 0 Å². The number of rotatable bonds is 6. The zero-order valence-corrected chi connectivity index (χ0v) is 13.9. The molecule has 0 bridgehead atoms. The maximum Gasteiger partial charge on any atom is 0.408 e. The van der Waals surface area contributed by atoms with Crippen LogP contribution >= 0.6 is 0 Å². The first-order valence-electron chi connectivity index (χ1n) is 7.67. The van der Waals surface area contributed by atoms with Crippen LogP contribution in [0.3, 0.4) is 0 Å². The van der Waals surface area contributed by atoms with Gasteiger partial charge in [0, 0.05) is 13.0 Å². The standard InChI is InChI=1S/C16H27NO5/c1-16(2,3)22-15(19)17-13(14(18)20-4)10-11-21-12-8-6-5-7-9-12/h6,8,12-13H,5,7,9-11H2,1-4H3,(H,17,19)/t12?,13-/m1/s1. The number of ether oxygens (including phenoxy) is 3. The highest BCUT2D eigenvalue weighted by Crippen LogP contribution is 2.14. The minimum Gasteiger partial charge on any atom is -0.467 e. The van der Waals surface area contributed by atoms with Crippen LogP contribution in [-0.2, 0) is 19.0 Å². The summed E-state index contributed by atoms with van der Waals surface area (Å²) in [5, 5.41) is 2.53. The lowest BCUT2D eigenvalue weighted by atomic mass is 10.1. The molecule has 6 heteroatoms. The number of alkyl carbamates (subject to hydrolysis) is 1. The maximum absolute atomic E-state index is 11.8. The van der Waals surface area contributed by atoms with Crippen molar-refractivity contribution >= 4 is 12.1 Å². The predicted molar refractivity (Wildman–Crippen MR) is 82.5 cm³/mol. The first kappa shape index (κ1) is 18.5. The van der Waals surface area contributed by atoms with E-state index in [1.807, 2.05) is 6.08 Å². The normalized spacial score (nSPS) is 19.4. The predicted octanol–water partition coefficient (Wildman–Crippen LogP) is 2.57. The van der Waals surface area contributed by atoms with Crippen molar-refractivity contribution in [3.8, 4) is 0 Å². The van der Waals surface area contributed by atoms with Crippen LogP contribution in [-0.4, -0.2) is 43.5 Å². The van der Waals surface area contributed by atoms with Crippen LogP contribution < -0.4 is 5.32 Å². The van der Waals surface area contributed by atoms with Crippen LogP contribution in [0.25, 0.3) is 0 Å². The van der Waals surface area contributed by atoms with Gasteiger partial charge in [-0.2, -0.15) is 0 Å². The lowest BCUT2D eigenvalue weighted by Crippen LogP contribution is -2.44. The zero-order chi connectivity index (χ0) is 16.6. The van der Waals surface area contributed by atoms with Gasteiger partial charge in [0.05, 0.1) is 13.2 Å². The molecule has 1 N–H and O–H groups in total. The molecule has 1 aliphatic rings. The van der Waals surface area contributed by atoms with Crippen molar-refractivity contribution in [2.75, 3.05) is 13.7 Å². The second-order valence-electron chi connectivity index (χ2n) is 6.28. The van der Waals surface area contributed by atoms with Gasteiger partial charge in [-0.05, 0) is 40.0 Å². The molecule has 2 atom stereocenters. The summed E-state index contributed by atoms with van der Waals surface area (Å²) < 4.78 is 15.6. The second-order valence-corrected chi connectivity index (χ2v) is 6.28. The van der Waals surface area contributed by atoms with E-state index in [1.54, 1.807) is 20.8 Å². The number of hydrogen-bond donors (Lipinski definition) is 1. The topological polar surface area (TPSA) is 73.9 Å². The van der Waals surface area contributed by atoms with Crippen molar-refractivity contribution < 1.29 is 23.8 Å². The van der Waals surface area contributed by atoms with E-state index in [9.17, 15) is 9.59 Å². The SMILES string of the molecule is COC(=O)[C@@H](CCOC1C=CCCC1)NC(=O)OC(C)(C)C. The quantitative estimate of drug-likeness (QED) is 0.602. The van der Waals surface area contributed by atoms with E-state index in [4.69, 9.17) is 14.2 Å². The third kappa shape index (κ3) is 7.45. The summed E-state index contributed by atoms with van der Waals surface area (Å²) >= 11 is 0. The Balaban J connectivity index is 2.43. The fourth-order valence-corrected chi connectivity index (χ4v) is 2.10. The van der Waals surface area contributed by atoms with Gasteiger partial charge in [0.25, 0.3) is 0 Å². The number of allylic oxidation sites excluding steroid dienone is 1. The number of nitrogens with one attached hydrogen (secondary N) is 1. The average molecular weight is 313 g/mol. The molecule has 22 heavy (non-hydrogen) atoms. The van der Waals surface area contributed by atoms with Crippen LogP contribution in [0.1, 0.15) is 46.5 Å². The van der Waals surface area contributed by atoms with E-state index in [0.717, 1.165) is 19.3 Å². The van der Waals surface area contributed by atoms with Gasteiger partial charge in [0.15, 0.2) is 0 Å². The Morgan fingerprint density at radius 3 is 2.64 bits per heavy atom. The Bertz CT molecular complexity index is 400. The highest BCUT2D eigenvalue weighted by atomic mass is 16.6. The molecule has 0 aliphatic heterocycles. The highest BCUT2D eigenvalue weighted by molar-refractivity contribution is 5.81. The zero-order valence-electron chi connectivity index (χ0n) is 13.9. The van der Waals surface area contributed by atoms with Gasteiger partial charge < -0.3 is 19.5 Å². The molecule has 6 nitrogen and oxygen atoms in total. The van der Waals surface area contributed by atoms with Gasteiger partial charge in [0.1, 0.15) is 11.6 Å². The van der Waals surface area contributed by atoms with E-state index in [0.29, 0.717) is 13.0 Å². The van der Waals surface area contributed by atoms with E-state index in [2.05, 4.69) is 11.4 Å². The average Bonchev–Trinajstić information content (AvgIpc) is 2.44. The van der Waals surface area contributed by atoms with Gasteiger partial charge in [0.2, 0.25) is 0 Å². The van der Waals surface area contributed by atoms with E-state index in [-0.39, 0.29) is 6.10 Å². The molecule has 1 amide bonds. The minimum atomic E-state index is -0.771. The van der Waals surface area contributed by atoms with E-state index in [1.165, 1.54) is 7.11 Å². The molecule has 0 saturated heterocycles. The molecule has 0 fully saturated rings. The van der Waals surface area contributed by atoms with E-state index < -0.39 is 23.7 Å². The minimum absolute atomic E-state index is 0.0913. The molecule has 0 saturated carbocycles. The maximum atomic E-state index is 11.8. The van der Waals surface area contributed by atoms with Crippen molar-refractivity contribution in [3.63, 3.8) is 0 Å². The number of methoxy groups -OCH3 is 1. The largest absolute Gasteiger partial charge is 0.467 e. The molecular formula is C16H27NO5. The molecule has 1 unspecified atom stereocenters. The Labute approximate surface area is 132 Å². The van der Waals surface area contributed by atoms with Crippen LogP contribution in [0, 0.1) is 0 Å². The fourth-order valence-electron chi connectivity index (χ4n) is 2.10. The summed E-state index contributed by atoms with van der Waals surface area (Å²) in [4.78, 5) is 23.5. The van der Waals surface area contributed by atoms with Gasteiger partial charge in [-0.25, -0.2) is 9.59 Å². The lowest BCUT2D eigenvalue weighted by molar-refractivity contribution is -0.143. The summed E-state index contributed by atoms with van der Waals surface area (Å²) in [6, 6.07) is -0.771. The summed E-state index contributed by atoms with van der Waals surface area (Å²) in [6.45, 7) is 5.65. The van der Waals surface area contributed by atoms with Crippen LogP contribution in [0.4, 0.5) is 4.79 Å². The van der Waals surface area contributed by atoms with Gasteiger partial charge in [-0.3, -0.25) is 0 Å². The first-order chi connectivity index (χ1) is 10.3. The fraction of sp³-hybridized carbons (Fsp3) is 0.750. The number of carbonyl (C=O) groups excluding carboxylic acids is 2. The van der Waals surface area contributed by atoms with Crippen molar-refractivity contribution in [3.05, 3.63) is 12.2 Å². The lowest BCUT2D eigenvalue weighted by Gasteiger charge is -2.23. The molecule has 1 rings (SSSR count). The summed E-state index contributed by atoms with van der Waals surface area (Å²) in [5.74, 6) is -0.506. The van der Waals surface area contributed by atoms with Crippen LogP contribution in [0.5, 0.6) is 0 Å². The first-order valence-corrected chi connectivity index (χ1v) is 7.67. The number of hydrogen-bond acceptors (Lipinski definition) is 5. The van der Waals surface area contributed by atoms with Crippen molar-refractivity contribution in [2.24, 2.45) is 0 Å². The molecule has 126 valence electrons. The molecule has 0 heterocycles. The van der Waals surface area contributed by atoms with Crippen molar-refractivity contribution in [2.45, 2.75) is 64.2 Å². The summed E-state index contributed by atoms with van der Waals surface area (Å²) in [6.07, 6.45) is 7.12. The Morgan fingerprint density at radius 2 is 2.09 bits per heavy atom. The third-order valence-corrected chi connectivity index (χ3v) is 3.13. The smallest absolute Gasteiger partial charge is 0.408 e. The number of esters is 1. The third-order valence-electron chi connectivity index (χ3n) is 3.13. The molecule has 0 aromatic rings. The molecular weight excluding hydrogens is 286 g/mol. The van der Waals surface area contributed by atoms with Crippen molar-refractivity contribution in [1.29, 1.82) is 0 Å². The Kier molecular flexibility index (Phi) is 7.38. The molecule has 0 aromatic carbocycles. The van der Waals surface area contributed by atoms with Gasteiger partial charge in [-0.1, -0.05) is 12.2 Å². The monoisotopic (exact) mass is 313 g/mol. The molecule has 0 radical (unpaired) electrons. The van der Waals surface area contributed by atoms with Crippen LogP contribution in [0.2, 0.25) is 0 Å². The molecule has 1 aliphatic carbocycles. The summed E-state index contributed by atoms with van der Waals surface area (Å²) in [7, 11) is 1.29. The van der Waals surface area contributed by atoms with Gasteiger partial charge in [-0.15, -0.1) is 0 Å². The Hall–Kier alpha value is -1.56. The molecule has 0 aromatic heterocycles. The number of amides is 1. The Morgan fingerprint density at radius 1 is 1.36 bits per heavy atom. The van der Waals surface area contributed by atoms with Gasteiger partial charge >= 0.3 is 12.1 Å². The highest BCUT2D eigenvalue weighted by Gasteiger charge is 2.25. The number of carbonyl (C=O) groups is 2. The second kappa shape index (κ2) is 8.78. The van der Waals surface area contributed by atoms with Crippen molar-refractivity contribution in [1.82, 2.24) is 5.32 Å². The van der Waals surface area contributed by atoms with Crippen LogP contribution in [0.15, 0.2) is 12.2 Å².